The van der Waals surface area contributed by atoms with Gasteiger partial charge in [-0.15, -0.1) is 0 Å². The van der Waals surface area contributed by atoms with E-state index in [0.29, 0.717) is 13.1 Å². The van der Waals surface area contributed by atoms with Gasteiger partial charge in [0.1, 0.15) is 5.54 Å². The zero-order valence-electron chi connectivity index (χ0n) is 8.90. The number of hydrogen-bond acceptors (Lipinski definition) is 2. The average Bonchev–Trinajstić information content (AvgIpc) is 2.85. The molecular formula is C10H17F3N2. The van der Waals surface area contributed by atoms with Crippen molar-refractivity contribution in [3.63, 3.8) is 0 Å². The third kappa shape index (κ3) is 1.99. The van der Waals surface area contributed by atoms with E-state index in [1.54, 1.807) is 4.90 Å². The zero-order valence-corrected chi connectivity index (χ0v) is 8.90. The molecule has 1 unspecified atom stereocenters. The molecule has 0 aromatic rings. The van der Waals surface area contributed by atoms with Crippen molar-refractivity contribution < 1.29 is 13.2 Å². The average molecular weight is 222 g/mol. The van der Waals surface area contributed by atoms with Crippen LogP contribution in [0.2, 0.25) is 0 Å². The van der Waals surface area contributed by atoms with Crippen molar-refractivity contribution in [1.29, 1.82) is 0 Å². The first-order chi connectivity index (χ1) is 6.96. The van der Waals surface area contributed by atoms with Crippen molar-refractivity contribution in [1.82, 2.24) is 10.2 Å². The van der Waals surface area contributed by atoms with Gasteiger partial charge < -0.3 is 5.32 Å². The van der Waals surface area contributed by atoms with Crippen LogP contribution in [0.5, 0.6) is 0 Å². The number of nitrogens with one attached hydrogen (secondary N) is 1. The number of hydrogen-bond donors (Lipinski definition) is 1. The second-order valence-corrected chi connectivity index (χ2v) is 4.68. The molecule has 1 saturated heterocycles. The summed E-state index contributed by atoms with van der Waals surface area (Å²) in [5, 5.41) is 3.22. The molecule has 0 aromatic carbocycles. The molecule has 2 aliphatic rings. The molecule has 1 atom stereocenters. The minimum atomic E-state index is -4.06. The molecule has 2 nitrogen and oxygen atoms in total. The molecule has 0 amide bonds. The smallest absolute Gasteiger partial charge is 0.313 e. The number of halogens is 3. The molecule has 0 bridgehead atoms. The summed E-state index contributed by atoms with van der Waals surface area (Å²) in [6, 6.07) is 0.160. The Morgan fingerprint density at radius 1 is 1.33 bits per heavy atom. The maximum atomic E-state index is 12.9. The Morgan fingerprint density at radius 3 is 2.53 bits per heavy atom. The van der Waals surface area contributed by atoms with E-state index in [4.69, 9.17) is 0 Å². The van der Waals surface area contributed by atoms with E-state index in [-0.39, 0.29) is 18.9 Å². The minimum Gasteiger partial charge on any atom is -0.313 e. The lowest BCUT2D eigenvalue weighted by molar-refractivity contribution is -0.196. The lowest BCUT2D eigenvalue weighted by atomic mass is 10.2. The Morgan fingerprint density at radius 2 is 2.00 bits per heavy atom. The molecule has 1 aliphatic carbocycles. The Kier molecular flexibility index (Phi) is 2.71. The Bertz CT molecular complexity index is 235. The molecule has 1 aliphatic heterocycles. The van der Waals surface area contributed by atoms with Gasteiger partial charge in [0.2, 0.25) is 0 Å². The second kappa shape index (κ2) is 3.63. The van der Waals surface area contributed by atoms with Gasteiger partial charge in [-0.3, -0.25) is 4.90 Å². The summed E-state index contributed by atoms with van der Waals surface area (Å²) in [5.41, 5.74) is -1.48. The lowest BCUT2D eigenvalue weighted by Gasteiger charge is -2.33. The summed E-state index contributed by atoms with van der Waals surface area (Å²) < 4.78 is 38.6. The summed E-state index contributed by atoms with van der Waals surface area (Å²) in [7, 11) is 0. The first-order valence-corrected chi connectivity index (χ1v) is 5.51. The Balaban J connectivity index is 2.09. The van der Waals surface area contributed by atoms with Gasteiger partial charge in [0, 0.05) is 19.1 Å². The van der Waals surface area contributed by atoms with Crippen molar-refractivity contribution in [3.05, 3.63) is 0 Å². The molecule has 5 heteroatoms. The van der Waals surface area contributed by atoms with Gasteiger partial charge in [0.25, 0.3) is 0 Å². The molecule has 0 aromatic heterocycles. The zero-order chi connectivity index (χ0) is 11.1. The number of rotatable bonds is 1. The summed E-state index contributed by atoms with van der Waals surface area (Å²) in [6.45, 7) is 3.85. The van der Waals surface area contributed by atoms with Crippen molar-refractivity contribution in [2.45, 2.75) is 43.9 Å². The Labute approximate surface area is 87.8 Å². The maximum Gasteiger partial charge on any atom is 0.406 e. The monoisotopic (exact) mass is 222 g/mol. The summed E-state index contributed by atoms with van der Waals surface area (Å²) >= 11 is 0. The summed E-state index contributed by atoms with van der Waals surface area (Å²) in [4.78, 5) is 1.64. The van der Waals surface area contributed by atoms with E-state index in [2.05, 4.69) is 5.32 Å². The van der Waals surface area contributed by atoms with Gasteiger partial charge in [-0.2, -0.15) is 13.2 Å². The fourth-order valence-electron chi connectivity index (χ4n) is 2.39. The fraction of sp³-hybridized carbons (Fsp3) is 1.00. The number of alkyl halides is 3. The van der Waals surface area contributed by atoms with Gasteiger partial charge in [-0.05, 0) is 32.7 Å². The molecule has 2 rings (SSSR count). The van der Waals surface area contributed by atoms with Crippen LogP contribution in [0.1, 0.15) is 26.2 Å². The van der Waals surface area contributed by atoms with E-state index >= 15 is 0 Å². The molecule has 1 N–H and O–H groups in total. The van der Waals surface area contributed by atoms with E-state index in [9.17, 15) is 13.2 Å². The molecule has 2 fully saturated rings. The van der Waals surface area contributed by atoms with Crippen molar-refractivity contribution in [3.8, 4) is 0 Å². The molecule has 1 heterocycles. The quantitative estimate of drug-likeness (QED) is 0.727. The van der Waals surface area contributed by atoms with Crippen LogP contribution in [0, 0.1) is 0 Å². The topological polar surface area (TPSA) is 15.3 Å². The van der Waals surface area contributed by atoms with Crippen LogP contribution in [0.15, 0.2) is 0 Å². The molecule has 0 radical (unpaired) electrons. The van der Waals surface area contributed by atoms with Crippen LogP contribution in [0.25, 0.3) is 0 Å². The van der Waals surface area contributed by atoms with Crippen molar-refractivity contribution >= 4 is 0 Å². The highest BCUT2D eigenvalue weighted by atomic mass is 19.4. The van der Waals surface area contributed by atoms with Gasteiger partial charge >= 0.3 is 6.18 Å². The number of nitrogens with zero attached hydrogens (tertiary/aromatic N) is 1. The van der Waals surface area contributed by atoms with Crippen LogP contribution in [-0.4, -0.2) is 42.3 Å². The van der Waals surface area contributed by atoms with Crippen molar-refractivity contribution in [2.24, 2.45) is 0 Å². The van der Waals surface area contributed by atoms with E-state index in [1.165, 1.54) is 0 Å². The SMILES string of the molecule is CC1CN(C2(C(F)(F)F)CC2)CCCN1. The van der Waals surface area contributed by atoms with Crippen LogP contribution in [0.3, 0.4) is 0 Å². The first kappa shape index (κ1) is 11.2. The largest absolute Gasteiger partial charge is 0.406 e. The van der Waals surface area contributed by atoms with Crippen LogP contribution in [-0.2, 0) is 0 Å². The van der Waals surface area contributed by atoms with Crippen LogP contribution in [0.4, 0.5) is 13.2 Å². The first-order valence-electron chi connectivity index (χ1n) is 5.51. The summed E-state index contributed by atoms with van der Waals surface area (Å²) in [6.07, 6.45) is -2.69. The van der Waals surface area contributed by atoms with Crippen LogP contribution >= 0.6 is 0 Å². The molecule has 15 heavy (non-hydrogen) atoms. The predicted octanol–water partition coefficient (Wildman–Crippen LogP) is 1.77. The van der Waals surface area contributed by atoms with Crippen LogP contribution < -0.4 is 5.32 Å². The van der Waals surface area contributed by atoms with Gasteiger partial charge in [0.05, 0.1) is 0 Å². The molecular weight excluding hydrogens is 205 g/mol. The second-order valence-electron chi connectivity index (χ2n) is 4.68. The highest BCUT2D eigenvalue weighted by Gasteiger charge is 2.66. The highest BCUT2D eigenvalue weighted by Crippen LogP contribution is 2.53. The van der Waals surface area contributed by atoms with Crippen molar-refractivity contribution in [2.75, 3.05) is 19.6 Å². The standard InChI is InChI=1S/C10H17F3N2/c1-8-7-15(6-2-5-14-8)9(3-4-9)10(11,12)13/h8,14H,2-7H2,1H3. The van der Waals surface area contributed by atoms with Gasteiger partial charge in [-0.25, -0.2) is 0 Å². The van der Waals surface area contributed by atoms with E-state index < -0.39 is 11.7 Å². The maximum absolute atomic E-state index is 12.9. The third-order valence-electron chi connectivity index (χ3n) is 3.45. The highest BCUT2D eigenvalue weighted by molar-refractivity contribution is 5.10. The predicted molar refractivity (Wildman–Crippen MR) is 51.7 cm³/mol. The summed E-state index contributed by atoms with van der Waals surface area (Å²) in [5.74, 6) is 0. The van der Waals surface area contributed by atoms with Gasteiger partial charge in [-0.1, -0.05) is 0 Å². The normalized spacial score (nSPS) is 32.4. The lowest BCUT2D eigenvalue weighted by Crippen LogP contribution is -2.51. The molecule has 88 valence electrons. The third-order valence-corrected chi connectivity index (χ3v) is 3.45. The minimum absolute atomic E-state index is 0.160. The van der Waals surface area contributed by atoms with Gasteiger partial charge in [0.15, 0.2) is 0 Å². The van der Waals surface area contributed by atoms with E-state index in [1.807, 2.05) is 6.92 Å². The Hall–Kier alpha value is -0.290. The fourth-order valence-corrected chi connectivity index (χ4v) is 2.39. The van der Waals surface area contributed by atoms with E-state index in [0.717, 1.165) is 13.0 Å². The molecule has 0 spiro atoms. The molecule has 1 saturated carbocycles.